The molecule has 0 N–H and O–H groups in total. The van der Waals surface area contributed by atoms with E-state index in [1.54, 1.807) is 17.0 Å². The van der Waals surface area contributed by atoms with Gasteiger partial charge in [0.1, 0.15) is 5.82 Å². The summed E-state index contributed by atoms with van der Waals surface area (Å²) in [6.45, 7) is 2.75. The number of halogens is 1. The van der Waals surface area contributed by atoms with E-state index in [1.165, 1.54) is 19.2 Å². The second kappa shape index (κ2) is 8.30. The molecule has 0 fully saturated rings. The number of rotatable bonds is 7. The molecular formula is C15H20FNO3. The van der Waals surface area contributed by atoms with Gasteiger partial charge in [0, 0.05) is 19.5 Å². The molecule has 4 nitrogen and oxygen atoms in total. The number of amides is 1. The summed E-state index contributed by atoms with van der Waals surface area (Å²) in [5.41, 5.74) is 0.794. The largest absolute Gasteiger partial charge is 0.469 e. The lowest BCUT2D eigenvalue weighted by atomic mass is 10.1. The molecule has 0 heterocycles. The topological polar surface area (TPSA) is 46.6 Å². The highest BCUT2D eigenvalue weighted by atomic mass is 19.1. The van der Waals surface area contributed by atoms with E-state index in [0.717, 1.165) is 5.56 Å². The first-order valence-electron chi connectivity index (χ1n) is 6.65. The minimum absolute atomic E-state index is 0.0411. The maximum Gasteiger partial charge on any atom is 0.307 e. The molecule has 1 amide bonds. The van der Waals surface area contributed by atoms with Crippen LogP contribution in [0.5, 0.6) is 0 Å². The molecule has 0 saturated carbocycles. The molecule has 1 rings (SSSR count). The number of ether oxygens (including phenoxy) is 1. The molecule has 0 radical (unpaired) electrons. The lowest BCUT2D eigenvalue weighted by Crippen LogP contribution is -2.33. The zero-order valence-corrected chi connectivity index (χ0v) is 11.9. The van der Waals surface area contributed by atoms with Crippen molar-refractivity contribution in [3.63, 3.8) is 0 Å². The van der Waals surface area contributed by atoms with Crippen LogP contribution in [0.2, 0.25) is 0 Å². The Bertz CT molecular complexity index is 462. The van der Waals surface area contributed by atoms with E-state index in [9.17, 15) is 14.0 Å². The minimum atomic E-state index is -0.332. The normalized spacial score (nSPS) is 10.2. The molecule has 1 aromatic carbocycles. The summed E-state index contributed by atoms with van der Waals surface area (Å²) in [7, 11) is 1.32. The number of carbonyl (C=O) groups is 2. The lowest BCUT2D eigenvalue weighted by Gasteiger charge is -2.20. The van der Waals surface area contributed by atoms with Crippen LogP contribution in [-0.2, 0) is 20.7 Å². The Morgan fingerprint density at radius 3 is 2.65 bits per heavy atom. The van der Waals surface area contributed by atoms with E-state index >= 15 is 0 Å². The van der Waals surface area contributed by atoms with Crippen molar-refractivity contribution in [2.75, 3.05) is 20.2 Å². The lowest BCUT2D eigenvalue weighted by molar-refractivity contribution is -0.141. The van der Waals surface area contributed by atoms with Crippen LogP contribution in [-0.4, -0.2) is 37.0 Å². The van der Waals surface area contributed by atoms with Crippen molar-refractivity contribution in [2.45, 2.75) is 26.2 Å². The quantitative estimate of drug-likeness (QED) is 0.720. The zero-order chi connectivity index (χ0) is 15.0. The number of nitrogens with zero attached hydrogens (tertiary/aromatic N) is 1. The van der Waals surface area contributed by atoms with Crippen LogP contribution in [0.3, 0.4) is 0 Å². The van der Waals surface area contributed by atoms with E-state index in [1.807, 2.05) is 6.92 Å². The molecule has 0 aliphatic carbocycles. The van der Waals surface area contributed by atoms with Crippen LogP contribution in [0.15, 0.2) is 24.3 Å². The molecule has 5 heteroatoms. The maximum absolute atomic E-state index is 13.0. The van der Waals surface area contributed by atoms with Gasteiger partial charge in [0.05, 0.1) is 13.5 Å². The Labute approximate surface area is 118 Å². The molecular weight excluding hydrogens is 261 g/mol. The van der Waals surface area contributed by atoms with E-state index in [4.69, 9.17) is 0 Å². The highest BCUT2D eigenvalue weighted by Gasteiger charge is 2.13. The average molecular weight is 281 g/mol. The van der Waals surface area contributed by atoms with Gasteiger partial charge in [-0.25, -0.2) is 4.39 Å². The zero-order valence-electron chi connectivity index (χ0n) is 11.9. The molecule has 0 unspecified atom stereocenters. The Morgan fingerprint density at radius 1 is 1.30 bits per heavy atom. The molecule has 0 aromatic heterocycles. The third-order valence-corrected chi connectivity index (χ3v) is 3.06. The summed E-state index contributed by atoms with van der Waals surface area (Å²) in [5.74, 6) is -0.671. The highest BCUT2D eigenvalue weighted by molar-refractivity contribution is 5.77. The van der Waals surface area contributed by atoms with E-state index < -0.39 is 0 Å². The second-order valence-electron chi connectivity index (χ2n) is 4.43. The summed E-state index contributed by atoms with van der Waals surface area (Å²) < 4.78 is 17.6. The average Bonchev–Trinajstić information content (AvgIpc) is 2.45. The van der Waals surface area contributed by atoms with Crippen molar-refractivity contribution in [3.05, 3.63) is 35.6 Å². The van der Waals surface area contributed by atoms with Crippen LogP contribution in [0.4, 0.5) is 4.39 Å². The van der Waals surface area contributed by atoms with Gasteiger partial charge in [0.2, 0.25) is 5.91 Å². The molecule has 0 bridgehead atoms. The molecule has 0 aliphatic rings. The number of benzene rings is 1. The first-order chi connectivity index (χ1) is 9.56. The SMILES string of the molecule is CCN(CCC(=O)OC)C(=O)CCc1cccc(F)c1. The van der Waals surface area contributed by atoms with Crippen molar-refractivity contribution in [3.8, 4) is 0 Å². The van der Waals surface area contributed by atoms with Gasteiger partial charge in [-0.05, 0) is 31.0 Å². The summed E-state index contributed by atoms with van der Waals surface area (Å²) in [5, 5.41) is 0. The fraction of sp³-hybridized carbons (Fsp3) is 0.467. The van der Waals surface area contributed by atoms with Crippen molar-refractivity contribution in [2.24, 2.45) is 0 Å². The monoisotopic (exact) mass is 281 g/mol. The second-order valence-corrected chi connectivity index (χ2v) is 4.43. The smallest absolute Gasteiger partial charge is 0.307 e. The Hall–Kier alpha value is -1.91. The fourth-order valence-corrected chi connectivity index (χ4v) is 1.89. The predicted octanol–water partition coefficient (Wildman–Crippen LogP) is 2.17. The van der Waals surface area contributed by atoms with Gasteiger partial charge in [-0.2, -0.15) is 0 Å². The van der Waals surface area contributed by atoms with Gasteiger partial charge in [-0.3, -0.25) is 9.59 Å². The van der Waals surface area contributed by atoms with Crippen LogP contribution in [0, 0.1) is 5.82 Å². The van der Waals surface area contributed by atoms with Crippen LogP contribution in [0.1, 0.15) is 25.3 Å². The number of hydrogen-bond acceptors (Lipinski definition) is 3. The van der Waals surface area contributed by atoms with Crippen molar-refractivity contribution < 1.29 is 18.7 Å². The van der Waals surface area contributed by atoms with Crippen molar-refractivity contribution in [1.29, 1.82) is 0 Å². The third kappa shape index (κ3) is 5.38. The van der Waals surface area contributed by atoms with Gasteiger partial charge in [-0.1, -0.05) is 12.1 Å². The molecule has 1 aromatic rings. The number of aryl methyl sites for hydroxylation is 1. The van der Waals surface area contributed by atoms with Crippen LogP contribution >= 0.6 is 0 Å². The molecule has 0 saturated heterocycles. The number of esters is 1. The van der Waals surface area contributed by atoms with Crippen molar-refractivity contribution >= 4 is 11.9 Å². The van der Waals surface area contributed by atoms with E-state index in [2.05, 4.69) is 4.74 Å². The number of methoxy groups -OCH3 is 1. The van der Waals surface area contributed by atoms with Gasteiger partial charge in [-0.15, -0.1) is 0 Å². The Balaban J connectivity index is 2.45. The summed E-state index contributed by atoms with van der Waals surface area (Å²) in [6.07, 6.45) is 0.986. The van der Waals surface area contributed by atoms with Gasteiger partial charge in [0.25, 0.3) is 0 Å². The van der Waals surface area contributed by atoms with Gasteiger partial charge < -0.3 is 9.64 Å². The standard InChI is InChI=1S/C15H20FNO3/c1-3-17(10-9-15(19)20-2)14(18)8-7-12-5-4-6-13(16)11-12/h4-6,11H,3,7-10H2,1-2H3. The summed E-state index contributed by atoms with van der Waals surface area (Å²) >= 11 is 0. The molecule has 110 valence electrons. The van der Waals surface area contributed by atoms with Crippen LogP contribution < -0.4 is 0 Å². The molecule has 0 atom stereocenters. The Kier molecular flexibility index (Phi) is 6.70. The number of hydrogen-bond donors (Lipinski definition) is 0. The maximum atomic E-state index is 13.0. The molecule has 0 aliphatic heterocycles. The van der Waals surface area contributed by atoms with Crippen LogP contribution in [0.25, 0.3) is 0 Å². The third-order valence-electron chi connectivity index (χ3n) is 3.06. The first kappa shape index (κ1) is 16.1. The highest BCUT2D eigenvalue weighted by Crippen LogP contribution is 2.08. The first-order valence-corrected chi connectivity index (χ1v) is 6.65. The van der Waals surface area contributed by atoms with E-state index in [0.29, 0.717) is 25.9 Å². The molecule has 20 heavy (non-hydrogen) atoms. The fourth-order valence-electron chi connectivity index (χ4n) is 1.89. The van der Waals surface area contributed by atoms with Gasteiger partial charge >= 0.3 is 5.97 Å². The Morgan fingerprint density at radius 2 is 2.05 bits per heavy atom. The predicted molar refractivity (Wildman–Crippen MR) is 73.6 cm³/mol. The van der Waals surface area contributed by atoms with Gasteiger partial charge in [0.15, 0.2) is 0 Å². The summed E-state index contributed by atoms with van der Waals surface area (Å²) in [4.78, 5) is 24.7. The summed E-state index contributed by atoms with van der Waals surface area (Å²) in [6, 6.07) is 6.23. The van der Waals surface area contributed by atoms with E-state index in [-0.39, 0.29) is 24.1 Å². The minimum Gasteiger partial charge on any atom is -0.469 e. The van der Waals surface area contributed by atoms with Crippen molar-refractivity contribution in [1.82, 2.24) is 4.90 Å². The molecule has 0 spiro atoms. The number of carbonyl (C=O) groups excluding carboxylic acids is 2.